The third kappa shape index (κ3) is 3.89. The van der Waals surface area contributed by atoms with Crippen LogP contribution in [0.3, 0.4) is 0 Å². The van der Waals surface area contributed by atoms with Crippen molar-refractivity contribution >= 4 is 22.6 Å². The van der Waals surface area contributed by atoms with Gasteiger partial charge in [0.25, 0.3) is 0 Å². The fraction of sp³-hybridized carbons (Fsp3) is 0.273. The molecule has 0 fully saturated rings. The van der Waals surface area contributed by atoms with Crippen molar-refractivity contribution in [3.05, 3.63) is 71.3 Å². The third-order valence-corrected chi connectivity index (χ3v) is 5.03. The van der Waals surface area contributed by atoms with Crippen LogP contribution in [0.1, 0.15) is 16.7 Å². The summed E-state index contributed by atoms with van der Waals surface area (Å²) in [5.41, 5.74) is 4.92. The van der Waals surface area contributed by atoms with Crippen LogP contribution in [0.15, 0.2) is 54.6 Å². The number of hydrogen-bond donors (Lipinski definition) is 0. The first kappa shape index (κ1) is 18.9. The molecule has 0 saturated heterocycles. The van der Waals surface area contributed by atoms with E-state index in [1.165, 1.54) is 5.56 Å². The normalized spacial score (nSPS) is 11.1. The summed E-state index contributed by atoms with van der Waals surface area (Å²) in [7, 11) is 3.55. The van der Waals surface area contributed by atoms with Crippen molar-refractivity contribution in [3.8, 4) is 0 Å². The first-order chi connectivity index (χ1) is 14.0. The second-order valence-electron chi connectivity index (χ2n) is 7.48. The van der Waals surface area contributed by atoms with Gasteiger partial charge in [0.1, 0.15) is 0 Å². The lowest BCUT2D eigenvalue weighted by Gasteiger charge is -2.26. The molecule has 29 heavy (non-hydrogen) atoms. The number of nitrogens with zero attached hydrogens (tertiary/aromatic N) is 6. The maximum absolute atomic E-state index is 12.8. The monoisotopic (exact) mass is 388 g/mol. The second-order valence-corrected chi connectivity index (χ2v) is 7.48. The first-order valence-electron chi connectivity index (χ1n) is 9.63. The Labute approximate surface area is 169 Å². The van der Waals surface area contributed by atoms with Crippen molar-refractivity contribution in [2.75, 3.05) is 20.6 Å². The van der Waals surface area contributed by atoms with Crippen molar-refractivity contribution < 1.29 is 4.79 Å². The minimum Gasteiger partial charge on any atom is -0.331 e. The number of fused-ring (bicyclic) bond motifs is 3. The summed E-state index contributed by atoms with van der Waals surface area (Å²) in [5.74, 6) is 0. The summed E-state index contributed by atoms with van der Waals surface area (Å²) >= 11 is 0. The van der Waals surface area contributed by atoms with Crippen LogP contribution in [-0.2, 0) is 13.0 Å². The van der Waals surface area contributed by atoms with E-state index < -0.39 is 0 Å². The summed E-state index contributed by atoms with van der Waals surface area (Å²) in [5, 5.41) is 13.3. The molecular formula is C22H24N6O. The van der Waals surface area contributed by atoms with Crippen LogP contribution < -0.4 is 0 Å². The van der Waals surface area contributed by atoms with Crippen LogP contribution in [0.4, 0.5) is 4.79 Å². The Morgan fingerprint density at radius 2 is 1.86 bits per heavy atom. The molecule has 2 aromatic heterocycles. The van der Waals surface area contributed by atoms with Gasteiger partial charge in [0, 0.05) is 31.6 Å². The maximum atomic E-state index is 12.8. The molecule has 0 radical (unpaired) electrons. The van der Waals surface area contributed by atoms with Crippen LogP contribution in [0.2, 0.25) is 0 Å². The molecule has 2 aromatic carbocycles. The van der Waals surface area contributed by atoms with Gasteiger partial charge < -0.3 is 9.80 Å². The predicted molar refractivity (Wildman–Crippen MR) is 113 cm³/mol. The molecule has 4 rings (SSSR count). The average Bonchev–Trinajstić information content (AvgIpc) is 3.22. The molecule has 2 heterocycles. The van der Waals surface area contributed by atoms with Gasteiger partial charge in [-0.15, -0.1) is 5.10 Å². The minimum absolute atomic E-state index is 0.0319. The molecule has 0 unspecified atom stereocenters. The lowest BCUT2D eigenvalue weighted by molar-refractivity contribution is 0.169. The summed E-state index contributed by atoms with van der Waals surface area (Å²) in [4.78, 5) is 16.3. The molecule has 0 saturated carbocycles. The molecule has 0 atom stereocenters. The summed E-state index contributed by atoms with van der Waals surface area (Å²) in [6.07, 6.45) is 0.786. The lowest BCUT2D eigenvalue weighted by Crippen LogP contribution is -2.40. The van der Waals surface area contributed by atoms with E-state index in [1.54, 1.807) is 23.5 Å². The van der Waals surface area contributed by atoms with Crippen molar-refractivity contribution in [1.82, 2.24) is 29.8 Å². The van der Waals surface area contributed by atoms with E-state index in [2.05, 4.69) is 51.9 Å². The number of tetrazole rings is 1. The predicted octanol–water partition coefficient (Wildman–Crippen LogP) is 3.31. The number of pyridine rings is 1. The molecule has 0 bridgehead atoms. The Balaban J connectivity index is 1.69. The molecule has 0 N–H and O–H groups in total. The van der Waals surface area contributed by atoms with Gasteiger partial charge in [-0.05, 0) is 47.0 Å². The molecule has 0 spiro atoms. The van der Waals surface area contributed by atoms with Gasteiger partial charge in [0.15, 0.2) is 5.65 Å². The Hall–Kier alpha value is -3.48. The van der Waals surface area contributed by atoms with Crippen molar-refractivity contribution in [2.45, 2.75) is 19.9 Å². The summed E-state index contributed by atoms with van der Waals surface area (Å²) in [6, 6.07) is 18.5. The highest BCUT2D eigenvalue weighted by molar-refractivity contribution is 5.84. The third-order valence-electron chi connectivity index (χ3n) is 5.03. The number of benzene rings is 2. The first-order valence-corrected chi connectivity index (χ1v) is 9.63. The minimum atomic E-state index is -0.0319. The van der Waals surface area contributed by atoms with E-state index in [0.717, 1.165) is 28.5 Å². The highest BCUT2D eigenvalue weighted by Crippen LogP contribution is 2.22. The molecule has 0 aliphatic carbocycles. The highest BCUT2D eigenvalue weighted by Gasteiger charge is 2.19. The molecule has 7 heteroatoms. The van der Waals surface area contributed by atoms with E-state index in [-0.39, 0.29) is 6.03 Å². The van der Waals surface area contributed by atoms with Crippen LogP contribution in [0.5, 0.6) is 0 Å². The second kappa shape index (κ2) is 7.87. The van der Waals surface area contributed by atoms with Crippen LogP contribution in [-0.4, -0.2) is 56.5 Å². The van der Waals surface area contributed by atoms with Crippen molar-refractivity contribution in [3.63, 3.8) is 0 Å². The number of carbonyl (C=O) groups is 1. The molecule has 4 aromatic rings. The van der Waals surface area contributed by atoms with Gasteiger partial charge in [-0.25, -0.2) is 4.79 Å². The fourth-order valence-corrected chi connectivity index (χ4v) is 3.52. The number of rotatable bonds is 5. The van der Waals surface area contributed by atoms with E-state index in [1.807, 2.05) is 30.0 Å². The van der Waals surface area contributed by atoms with Crippen molar-refractivity contribution in [1.29, 1.82) is 0 Å². The maximum Gasteiger partial charge on any atom is 0.319 e. The van der Waals surface area contributed by atoms with Gasteiger partial charge >= 0.3 is 6.03 Å². The zero-order chi connectivity index (χ0) is 20.4. The molecule has 7 nitrogen and oxygen atoms in total. The van der Waals surface area contributed by atoms with Crippen LogP contribution in [0, 0.1) is 6.92 Å². The van der Waals surface area contributed by atoms with E-state index >= 15 is 0 Å². The topological polar surface area (TPSA) is 66.6 Å². The fourth-order valence-electron chi connectivity index (χ4n) is 3.52. The zero-order valence-electron chi connectivity index (χ0n) is 16.9. The Morgan fingerprint density at radius 1 is 1.07 bits per heavy atom. The molecule has 0 aliphatic heterocycles. The summed E-state index contributed by atoms with van der Waals surface area (Å²) in [6.45, 7) is 3.10. The Kier molecular flexibility index (Phi) is 5.12. The Morgan fingerprint density at radius 3 is 2.62 bits per heavy atom. The van der Waals surface area contributed by atoms with Gasteiger partial charge in [0.05, 0.1) is 12.1 Å². The average molecular weight is 388 g/mol. The highest BCUT2D eigenvalue weighted by atomic mass is 16.2. The number of urea groups is 1. The Bertz CT molecular complexity index is 1150. The van der Waals surface area contributed by atoms with Crippen LogP contribution in [0.25, 0.3) is 16.6 Å². The van der Waals surface area contributed by atoms with Gasteiger partial charge in [-0.2, -0.15) is 4.52 Å². The van der Waals surface area contributed by atoms with Crippen LogP contribution >= 0.6 is 0 Å². The standard InChI is InChI=1S/C22H24N6O/c1-16-9-10-18-14-19(21-23-24-25-28(21)20(18)13-16)15-27(22(29)26(2)3)12-11-17-7-5-4-6-8-17/h4-10,13-14H,11-12,15H2,1-3H3. The molecule has 148 valence electrons. The smallest absolute Gasteiger partial charge is 0.319 e. The SMILES string of the molecule is Cc1ccc2cc(CN(CCc3ccccc3)C(=O)N(C)C)c3nnnn3c2c1. The van der Waals surface area contributed by atoms with Gasteiger partial charge in [-0.1, -0.05) is 42.5 Å². The number of carbonyl (C=O) groups excluding carboxylic acids is 1. The van der Waals surface area contributed by atoms with Gasteiger partial charge in [-0.3, -0.25) is 0 Å². The number of aromatic nitrogens is 4. The summed E-state index contributed by atoms with van der Waals surface area (Å²) < 4.78 is 1.76. The lowest BCUT2D eigenvalue weighted by atomic mass is 10.1. The van der Waals surface area contributed by atoms with Gasteiger partial charge in [0.2, 0.25) is 0 Å². The largest absolute Gasteiger partial charge is 0.331 e. The van der Waals surface area contributed by atoms with E-state index in [9.17, 15) is 4.79 Å². The molecule has 2 amide bonds. The quantitative estimate of drug-likeness (QED) is 0.526. The van der Waals surface area contributed by atoms with E-state index in [0.29, 0.717) is 18.7 Å². The number of hydrogen-bond acceptors (Lipinski definition) is 4. The molecular weight excluding hydrogens is 364 g/mol. The number of aryl methyl sites for hydroxylation is 1. The number of amides is 2. The van der Waals surface area contributed by atoms with Crippen molar-refractivity contribution in [2.24, 2.45) is 0 Å². The molecule has 0 aliphatic rings. The zero-order valence-corrected chi connectivity index (χ0v) is 16.9. The van der Waals surface area contributed by atoms with E-state index in [4.69, 9.17) is 0 Å².